The van der Waals surface area contributed by atoms with Crippen molar-refractivity contribution in [2.24, 2.45) is 5.73 Å². The average molecular weight is 891 g/mol. The molecule has 0 saturated carbocycles. The van der Waals surface area contributed by atoms with Crippen LogP contribution in [0.3, 0.4) is 0 Å². The molecule has 7 rings (SSSR count). The predicted octanol–water partition coefficient (Wildman–Crippen LogP) is 6.89. The van der Waals surface area contributed by atoms with Gasteiger partial charge in [0.05, 0.1) is 0 Å². The van der Waals surface area contributed by atoms with Crippen molar-refractivity contribution in [1.29, 1.82) is 0 Å². The minimum atomic E-state index is -1.37. The molecule has 3 aliphatic heterocycles. The minimum Gasteiger partial charge on any atom is -0.360 e. The number of nitrogens with two attached hydrogens (primary N) is 1. The molecule has 2 aromatic carbocycles. The summed E-state index contributed by atoms with van der Waals surface area (Å²) in [6.07, 6.45) is 11.1. The van der Waals surface area contributed by atoms with Gasteiger partial charge in [0, 0.05) is 98.1 Å². The molecule has 5 heterocycles. The molecule has 316 valence electrons. The van der Waals surface area contributed by atoms with Crippen LogP contribution in [0.5, 0.6) is 0 Å². The van der Waals surface area contributed by atoms with E-state index in [1.807, 2.05) is 4.90 Å². The highest BCUT2D eigenvalue weighted by Gasteiger charge is 2.41. The van der Waals surface area contributed by atoms with Crippen molar-refractivity contribution in [2.45, 2.75) is 57.5 Å². The molecule has 3 saturated heterocycles. The van der Waals surface area contributed by atoms with E-state index < -0.39 is 69.5 Å². The van der Waals surface area contributed by atoms with Crippen molar-refractivity contribution < 1.29 is 35.1 Å². The number of nitrogens with zero attached hydrogens (tertiary/aromatic N) is 6. The van der Waals surface area contributed by atoms with Gasteiger partial charge in [0.15, 0.2) is 56.8 Å². The van der Waals surface area contributed by atoms with Gasteiger partial charge in [-0.05, 0) is 56.9 Å². The van der Waals surface area contributed by atoms with E-state index in [9.17, 15) is 35.1 Å². The molecule has 0 bridgehead atoms. The lowest BCUT2D eigenvalue weighted by atomic mass is 9.94. The van der Waals surface area contributed by atoms with Gasteiger partial charge in [-0.3, -0.25) is 9.13 Å². The summed E-state index contributed by atoms with van der Waals surface area (Å²) in [5.41, 5.74) is 4.38. The Kier molecular flexibility index (Phi) is 20.2. The Labute approximate surface area is 349 Å². The number of fused-ring (bicyclic) bond motifs is 1. The molecule has 3 aliphatic rings. The summed E-state index contributed by atoms with van der Waals surface area (Å²) in [6.45, 7) is 11.6. The number of imidazole rings is 2. The molecule has 3 fully saturated rings. The summed E-state index contributed by atoms with van der Waals surface area (Å²) in [7, 11) is 0. The van der Waals surface area contributed by atoms with Crippen molar-refractivity contribution in [1.82, 2.24) is 39.5 Å². The second-order valence-electron chi connectivity index (χ2n) is 12.8. The lowest BCUT2D eigenvalue weighted by molar-refractivity contribution is 0.321. The van der Waals surface area contributed by atoms with Crippen LogP contribution in [0.1, 0.15) is 56.6 Å². The van der Waals surface area contributed by atoms with Crippen LogP contribution in [0, 0.1) is 46.5 Å². The van der Waals surface area contributed by atoms with Gasteiger partial charge in [0.1, 0.15) is 12.7 Å². The van der Waals surface area contributed by atoms with Gasteiger partial charge in [-0.15, -0.1) is 24.8 Å². The Morgan fingerprint density at radius 1 is 0.754 bits per heavy atom. The van der Waals surface area contributed by atoms with E-state index in [4.69, 9.17) is 30.2 Å². The summed E-state index contributed by atoms with van der Waals surface area (Å²) in [5, 5.41) is 7.07. The van der Waals surface area contributed by atoms with Crippen LogP contribution in [0.2, 0.25) is 0 Å². The van der Waals surface area contributed by atoms with Crippen molar-refractivity contribution in [3.05, 3.63) is 107 Å². The van der Waals surface area contributed by atoms with Crippen LogP contribution in [0.25, 0.3) is 0 Å². The molecule has 9 nitrogen and oxygen atoms in total. The van der Waals surface area contributed by atoms with E-state index >= 15 is 0 Å². The van der Waals surface area contributed by atoms with Crippen molar-refractivity contribution >= 4 is 59.5 Å². The summed E-state index contributed by atoms with van der Waals surface area (Å²) in [5.74, 6) is -11.9. The molecular weight excluding hydrogens is 845 g/mol. The maximum absolute atomic E-state index is 13.7. The molecule has 4 N–H and O–H groups in total. The maximum atomic E-state index is 13.7. The maximum Gasteiger partial charge on any atom is 0.190 e. The number of aromatic nitrogens is 4. The number of benzene rings is 2. The zero-order chi connectivity index (χ0) is 40.4. The predicted molar refractivity (Wildman–Crippen MR) is 215 cm³/mol. The van der Waals surface area contributed by atoms with Gasteiger partial charge < -0.3 is 26.2 Å². The normalized spacial score (nSPS) is 19.2. The Hall–Kier alpha value is -3.46. The van der Waals surface area contributed by atoms with Gasteiger partial charge in [-0.25, -0.2) is 45.1 Å². The Balaban J connectivity index is 0.000000273. The van der Waals surface area contributed by atoms with Crippen LogP contribution in [0.15, 0.2) is 49.6 Å². The molecule has 0 amide bonds. The molecule has 2 unspecified atom stereocenters. The van der Waals surface area contributed by atoms with Crippen LogP contribution < -0.4 is 16.4 Å². The van der Waals surface area contributed by atoms with Gasteiger partial charge in [-0.1, -0.05) is 20.8 Å². The zero-order valence-electron chi connectivity index (χ0n) is 31.2. The second-order valence-corrected chi connectivity index (χ2v) is 13.6. The van der Waals surface area contributed by atoms with E-state index in [0.717, 1.165) is 0 Å². The standard InChI is InChI=1S/C12H10F4N2S.C11H12F4N2.C7H6N4S.C6H15N.2ClH/c13-7-2-8(14)11(16)9(10(7)15)5-1-6-3-17-12(19)18(6)4-5;12-7-2-8(13)11(15)9(10(7)14)5-1-6(3-16)17-4-5;12-7(10-3-1-8-5-10)11-4-2-9-6-11;1-4-7(5-2)6-3;;/h2,5-6H,1,3-4H2,(H,17,19);2,5-6,17H,1,3-4,16H2;1-6H;4-6H2,1-3H3;2*1H/t2*5-,6?;;;;/m00..../s1. The fraction of sp³-hybridized carbons (Fsp3) is 0.444. The highest BCUT2D eigenvalue weighted by molar-refractivity contribution is 7.80. The van der Waals surface area contributed by atoms with E-state index in [0.29, 0.717) is 36.2 Å². The third-order valence-corrected chi connectivity index (χ3v) is 10.4. The Morgan fingerprint density at radius 2 is 1.21 bits per heavy atom. The molecule has 2 aromatic heterocycles. The molecule has 0 aliphatic carbocycles. The molecule has 0 spiro atoms. The molecule has 0 radical (unpaired) electrons. The number of nitrogens with one attached hydrogen (secondary N) is 2. The third kappa shape index (κ3) is 12.3. The first-order valence-electron chi connectivity index (χ1n) is 17.6. The van der Waals surface area contributed by atoms with Crippen LogP contribution >= 0.6 is 49.2 Å². The lowest BCUT2D eigenvalue weighted by Gasteiger charge is -2.16. The smallest absolute Gasteiger partial charge is 0.190 e. The number of halogens is 10. The van der Waals surface area contributed by atoms with Crippen molar-refractivity contribution in [3.63, 3.8) is 0 Å². The zero-order valence-corrected chi connectivity index (χ0v) is 34.5. The topological polar surface area (TPSA) is 92.2 Å². The molecule has 4 atom stereocenters. The summed E-state index contributed by atoms with van der Waals surface area (Å²) < 4.78 is 110. The monoisotopic (exact) mass is 889 g/mol. The first-order valence-corrected chi connectivity index (χ1v) is 18.4. The first kappa shape index (κ1) is 49.7. The number of hydrogen-bond donors (Lipinski definition) is 3. The largest absolute Gasteiger partial charge is 0.360 e. The number of rotatable bonds is 6. The summed E-state index contributed by atoms with van der Waals surface area (Å²) in [6, 6.07) is 0.403. The third-order valence-electron chi connectivity index (χ3n) is 9.57. The molecule has 21 heteroatoms. The minimum absolute atomic E-state index is 0. The van der Waals surface area contributed by atoms with Gasteiger partial charge in [0.2, 0.25) is 0 Å². The number of thiocarbonyl (C=S) groups is 2. The van der Waals surface area contributed by atoms with Crippen LogP contribution in [-0.2, 0) is 0 Å². The summed E-state index contributed by atoms with van der Waals surface area (Å²) >= 11 is 10.2. The molecule has 4 aromatic rings. The van der Waals surface area contributed by atoms with Crippen LogP contribution in [-0.4, -0.2) is 97.0 Å². The van der Waals surface area contributed by atoms with Gasteiger partial charge in [0.25, 0.3) is 0 Å². The molecular formula is C36H45Cl2F8N9S2. The Morgan fingerprint density at radius 3 is 1.56 bits per heavy atom. The molecule has 57 heavy (non-hydrogen) atoms. The van der Waals surface area contributed by atoms with E-state index in [-0.39, 0.29) is 62.1 Å². The average Bonchev–Trinajstić information content (AvgIpc) is 4.03. The Bertz CT molecular complexity index is 1800. The SMILES string of the molecule is CCN(CC)CC.Cl.Cl.Fc1cc(F)c(F)c([C@H]2CC3CNC(=S)N3C2)c1F.NCC1C[C@H](c2c(F)c(F)cc(F)c2F)CN1.S=C(n1ccnc1)n1ccnc1. The van der Waals surface area contributed by atoms with Crippen molar-refractivity contribution in [3.8, 4) is 0 Å². The van der Waals surface area contributed by atoms with Crippen LogP contribution in [0.4, 0.5) is 35.1 Å². The van der Waals surface area contributed by atoms with Gasteiger partial charge >= 0.3 is 0 Å². The van der Waals surface area contributed by atoms with E-state index in [1.54, 1.807) is 46.6 Å². The fourth-order valence-corrected chi connectivity index (χ4v) is 7.07. The summed E-state index contributed by atoms with van der Waals surface area (Å²) in [4.78, 5) is 12.0. The highest BCUT2D eigenvalue weighted by atomic mass is 35.5. The van der Waals surface area contributed by atoms with E-state index in [2.05, 4.69) is 46.3 Å². The quantitative estimate of drug-likeness (QED) is 0.109. The second kappa shape index (κ2) is 23.2. The van der Waals surface area contributed by atoms with Crippen molar-refractivity contribution in [2.75, 3.05) is 45.8 Å². The van der Waals surface area contributed by atoms with E-state index in [1.165, 1.54) is 19.6 Å². The fourth-order valence-electron chi connectivity index (χ4n) is 6.54. The lowest BCUT2D eigenvalue weighted by Crippen LogP contribution is -2.29. The first-order chi connectivity index (χ1) is 26.3. The number of hydrogen-bond acceptors (Lipinski definition) is 7. The highest BCUT2D eigenvalue weighted by Crippen LogP contribution is 2.37. The van der Waals surface area contributed by atoms with Gasteiger partial charge in [-0.2, -0.15) is 0 Å².